The number of nitrogens with zero attached hydrogens (tertiary/aromatic N) is 3. The minimum absolute atomic E-state index is 0. The van der Waals surface area contributed by atoms with E-state index in [0.29, 0.717) is 17.4 Å². The van der Waals surface area contributed by atoms with Crippen molar-refractivity contribution < 1.29 is 9.90 Å². The first-order valence-electron chi connectivity index (χ1n) is 7.96. The van der Waals surface area contributed by atoms with Gasteiger partial charge in [0, 0.05) is 24.8 Å². The van der Waals surface area contributed by atoms with Gasteiger partial charge in [0.25, 0.3) is 0 Å². The van der Waals surface area contributed by atoms with E-state index in [4.69, 9.17) is 5.73 Å². The van der Waals surface area contributed by atoms with Gasteiger partial charge >= 0.3 is 6.03 Å². The third kappa shape index (κ3) is 3.64. The molecule has 1 aromatic carbocycles. The summed E-state index contributed by atoms with van der Waals surface area (Å²) < 4.78 is 1.51. The predicted molar refractivity (Wildman–Crippen MR) is 96.4 cm³/mol. The molecule has 0 spiro atoms. The summed E-state index contributed by atoms with van der Waals surface area (Å²) in [6.45, 7) is 0. The number of imidazole rings is 1. The second kappa shape index (κ2) is 7.57. The minimum Gasteiger partial charge on any atom is -0.506 e. The van der Waals surface area contributed by atoms with E-state index >= 15 is 0 Å². The lowest BCUT2D eigenvalue weighted by molar-refractivity contribution is 0.175. The van der Waals surface area contributed by atoms with Gasteiger partial charge in [0.05, 0.1) is 11.4 Å². The van der Waals surface area contributed by atoms with Gasteiger partial charge in [-0.2, -0.15) is 0 Å². The lowest BCUT2D eigenvalue weighted by Gasteiger charge is -2.31. The molecule has 3 rings (SSSR count). The van der Waals surface area contributed by atoms with Crippen molar-refractivity contribution in [2.75, 3.05) is 12.8 Å². The standard InChI is InChI=1S/C17H22N4O2.ClH/c1-20(13-5-3-2-4-6-13)17(23)21-10-15(19-11-21)12-7-8-16(22)14(18)9-12;/h7-11,13,22H,2-6,18H2,1H3;1H. The third-order valence-corrected chi connectivity index (χ3v) is 4.55. The first kappa shape index (κ1) is 18.1. The van der Waals surface area contributed by atoms with Crippen molar-refractivity contribution in [1.29, 1.82) is 0 Å². The number of halogens is 1. The van der Waals surface area contributed by atoms with Crippen molar-refractivity contribution in [3.8, 4) is 17.0 Å². The van der Waals surface area contributed by atoms with E-state index in [-0.39, 0.29) is 24.2 Å². The molecule has 1 heterocycles. The van der Waals surface area contributed by atoms with Crippen LogP contribution in [0.3, 0.4) is 0 Å². The Kier molecular flexibility index (Phi) is 5.72. The molecule has 2 aromatic rings. The molecule has 0 aliphatic heterocycles. The number of aromatic hydroxyl groups is 1. The van der Waals surface area contributed by atoms with Gasteiger partial charge < -0.3 is 15.7 Å². The fraction of sp³-hybridized carbons (Fsp3) is 0.412. The number of phenolic OH excluding ortho intramolecular Hbond substituents is 1. The molecule has 0 atom stereocenters. The van der Waals surface area contributed by atoms with Gasteiger partial charge in [-0.25, -0.2) is 9.78 Å². The van der Waals surface area contributed by atoms with Gasteiger partial charge in [-0.1, -0.05) is 19.3 Å². The van der Waals surface area contributed by atoms with E-state index in [1.54, 1.807) is 18.3 Å². The van der Waals surface area contributed by atoms with Gasteiger partial charge in [0.15, 0.2) is 0 Å². The molecular formula is C17H23ClN4O2. The van der Waals surface area contributed by atoms with E-state index in [9.17, 15) is 9.90 Å². The highest BCUT2D eigenvalue weighted by atomic mass is 35.5. The normalized spacial score (nSPS) is 14.9. The predicted octanol–water partition coefficient (Wildman–Crippen LogP) is 3.49. The van der Waals surface area contributed by atoms with Crippen LogP contribution in [-0.4, -0.2) is 38.7 Å². The SMILES string of the molecule is CN(C(=O)n1cnc(-c2ccc(O)c(N)c2)c1)C1CCCCC1.Cl. The highest BCUT2D eigenvalue weighted by molar-refractivity contribution is 5.85. The maximum Gasteiger partial charge on any atom is 0.329 e. The summed E-state index contributed by atoms with van der Waals surface area (Å²) >= 11 is 0. The Morgan fingerprint density at radius 2 is 2.04 bits per heavy atom. The fourth-order valence-corrected chi connectivity index (χ4v) is 3.10. The molecule has 130 valence electrons. The zero-order valence-corrected chi connectivity index (χ0v) is 14.5. The molecule has 1 saturated carbocycles. The van der Waals surface area contributed by atoms with Gasteiger partial charge in [0.2, 0.25) is 0 Å². The topological polar surface area (TPSA) is 84.4 Å². The average Bonchev–Trinajstić information content (AvgIpc) is 3.07. The van der Waals surface area contributed by atoms with Crippen LogP contribution in [0.2, 0.25) is 0 Å². The highest BCUT2D eigenvalue weighted by Gasteiger charge is 2.23. The zero-order chi connectivity index (χ0) is 16.4. The number of nitrogen functional groups attached to an aromatic ring is 1. The van der Waals surface area contributed by atoms with Crippen molar-refractivity contribution >= 4 is 24.1 Å². The van der Waals surface area contributed by atoms with Crippen LogP contribution in [-0.2, 0) is 0 Å². The molecule has 1 aromatic heterocycles. The summed E-state index contributed by atoms with van der Waals surface area (Å²) in [4.78, 5) is 18.7. The maximum atomic E-state index is 12.6. The molecule has 1 aliphatic rings. The molecule has 0 radical (unpaired) electrons. The smallest absolute Gasteiger partial charge is 0.329 e. The van der Waals surface area contributed by atoms with Crippen LogP contribution in [0, 0.1) is 0 Å². The molecule has 1 amide bonds. The second-order valence-corrected chi connectivity index (χ2v) is 6.13. The molecule has 1 fully saturated rings. The van der Waals surface area contributed by atoms with Crippen molar-refractivity contribution in [2.24, 2.45) is 0 Å². The number of nitrogens with two attached hydrogens (primary N) is 1. The largest absolute Gasteiger partial charge is 0.506 e. The summed E-state index contributed by atoms with van der Waals surface area (Å²) in [5.41, 5.74) is 7.43. The van der Waals surface area contributed by atoms with E-state index in [0.717, 1.165) is 18.4 Å². The summed E-state index contributed by atoms with van der Waals surface area (Å²) in [6, 6.07) is 5.15. The third-order valence-electron chi connectivity index (χ3n) is 4.55. The number of hydrogen-bond donors (Lipinski definition) is 2. The Morgan fingerprint density at radius 3 is 2.71 bits per heavy atom. The Bertz CT molecular complexity index is 710. The average molecular weight is 351 g/mol. The molecule has 6 nitrogen and oxygen atoms in total. The lowest BCUT2D eigenvalue weighted by atomic mass is 9.95. The van der Waals surface area contributed by atoms with E-state index in [2.05, 4.69) is 4.98 Å². The van der Waals surface area contributed by atoms with Gasteiger partial charge in [-0.3, -0.25) is 4.57 Å². The van der Waals surface area contributed by atoms with Crippen LogP contribution >= 0.6 is 12.4 Å². The molecule has 24 heavy (non-hydrogen) atoms. The van der Waals surface area contributed by atoms with Crippen molar-refractivity contribution in [1.82, 2.24) is 14.5 Å². The molecule has 7 heteroatoms. The van der Waals surface area contributed by atoms with E-state index < -0.39 is 0 Å². The van der Waals surface area contributed by atoms with Gasteiger partial charge in [-0.05, 0) is 31.0 Å². The molecular weight excluding hydrogens is 328 g/mol. The molecule has 3 N–H and O–H groups in total. The van der Waals surface area contributed by atoms with Crippen molar-refractivity contribution in [3.63, 3.8) is 0 Å². The number of hydrogen-bond acceptors (Lipinski definition) is 4. The van der Waals surface area contributed by atoms with Crippen LogP contribution in [0.4, 0.5) is 10.5 Å². The van der Waals surface area contributed by atoms with E-state index in [1.165, 1.54) is 36.2 Å². The van der Waals surface area contributed by atoms with Crippen molar-refractivity contribution in [3.05, 3.63) is 30.7 Å². The first-order valence-corrected chi connectivity index (χ1v) is 7.96. The molecule has 0 saturated heterocycles. The quantitative estimate of drug-likeness (QED) is 0.641. The Hall–Kier alpha value is -2.21. The number of carbonyl (C=O) groups excluding carboxylic acids is 1. The Labute approximate surface area is 147 Å². The number of phenols is 1. The Balaban J connectivity index is 0.00000208. The summed E-state index contributed by atoms with van der Waals surface area (Å²) in [5, 5.41) is 9.49. The zero-order valence-electron chi connectivity index (χ0n) is 13.7. The molecule has 0 unspecified atom stereocenters. The number of anilines is 1. The van der Waals surface area contributed by atoms with Gasteiger partial charge in [-0.15, -0.1) is 12.4 Å². The lowest BCUT2D eigenvalue weighted by Crippen LogP contribution is -2.40. The fourth-order valence-electron chi connectivity index (χ4n) is 3.10. The number of rotatable bonds is 2. The number of aromatic nitrogens is 2. The molecule has 1 aliphatic carbocycles. The number of carbonyl (C=O) groups is 1. The van der Waals surface area contributed by atoms with Crippen LogP contribution < -0.4 is 5.73 Å². The summed E-state index contributed by atoms with van der Waals surface area (Å²) in [7, 11) is 1.86. The van der Waals surface area contributed by atoms with Crippen LogP contribution in [0.1, 0.15) is 32.1 Å². The second-order valence-electron chi connectivity index (χ2n) is 6.13. The monoisotopic (exact) mass is 350 g/mol. The summed E-state index contributed by atoms with van der Waals surface area (Å²) in [6.07, 6.45) is 8.99. The van der Waals surface area contributed by atoms with Crippen LogP contribution in [0.15, 0.2) is 30.7 Å². The minimum atomic E-state index is -0.0672. The highest BCUT2D eigenvalue weighted by Crippen LogP contribution is 2.27. The van der Waals surface area contributed by atoms with E-state index in [1.807, 2.05) is 11.9 Å². The number of benzene rings is 1. The van der Waals surface area contributed by atoms with Crippen molar-refractivity contribution in [2.45, 2.75) is 38.1 Å². The van der Waals surface area contributed by atoms with Gasteiger partial charge in [0.1, 0.15) is 12.1 Å². The Morgan fingerprint density at radius 1 is 1.33 bits per heavy atom. The number of amides is 1. The maximum absolute atomic E-state index is 12.6. The van der Waals surface area contributed by atoms with Crippen LogP contribution in [0.25, 0.3) is 11.3 Å². The first-order chi connectivity index (χ1) is 11.1. The molecule has 0 bridgehead atoms. The van der Waals surface area contributed by atoms with Crippen LogP contribution in [0.5, 0.6) is 5.75 Å². The summed E-state index contributed by atoms with van der Waals surface area (Å²) in [5.74, 6) is 0.0429.